The third-order valence-electron chi connectivity index (χ3n) is 2.19. The van der Waals surface area contributed by atoms with Gasteiger partial charge in [-0.15, -0.1) is 0 Å². The molecule has 0 aromatic heterocycles. The molecule has 0 saturated heterocycles. The molecule has 1 amide bonds. The molecule has 1 rings (SSSR count). The van der Waals surface area contributed by atoms with Gasteiger partial charge >= 0.3 is 5.97 Å². The lowest BCUT2D eigenvalue weighted by Crippen LogP contribution is -2.31. The van der Waals surface area contributed by atoms with E-state index in [1.165, 1.54) is 6.92 Å². The molecular formula is C8H13NO3. The van der Waals surface area contributed by atoms with Crippen LogP contribution in [0.1, 0.15) is 26.2 Å². The zero-order valence-electron chi connectivity index (χ0n) is 7.04. The highest BCUT2D eigenvalue weighted by Crippen LogP contribution is 2.25. The van der Waals surface area contributed by atoms with Crippen LogP contribution < -0.4 is 5.32 Å². The highest BCUT2D eigenvalue weighted by molar-refractivity contribution is 5.74. The van der Waals surface area contributed by atoms with Crippen molar-refractivity contribution in [2.45, 2.75) is 32.2 Å². The lowest BCUT2D eigenvalue weighted by molar-refractivity contribution is -0.141. The molecule has 0 radical (unpaired) electrons. The van der Waals surface area contributed by atoms with E-state index >= 15 is 0 Å². The third kappa shape index (κ3) is 2.22. The molecule has 1 fully saturated rings. The molecule has 0 aromatic rings. The molecule has 2 N–H and O–H groups in total. The van der Waals surface area contributed by atoms with Crippen LogP contribution in [0.2, 0.25) is 0 Å². The lowest BCUT2D eigenvalue weighted by atomic mass is 10.1. The van der Waals surface area contributed by atoms with Gasteiger partial charge in [-0.1, -0.05) is 0 Å². The smallest absolute Gasteiger partial charge is 0.306 e. The lowest BCUT2D eigenvalue weighted by Gasteiger charge is -2.09. The molecule has 1 aliphatic rings. The van der Waals surface area contributed by atoms with Crippen molar-refractivity contribution in [3.05, 3.63) is 0 Å². The van der Waals surface area contributed by atoms with Gasteiger partial charge in [0, 0.05) is 13.0 Å². The zero-order valence-corrected chi connectivity index (χ0v) is 7.04. The standard InChI is InChI=1S/C8H13NO3/c1-5(10)9-7-3-2-6(4-7)8(11)12/h6-7H,2-4H2,1H3,(H,9,10)(H,11,12). The number of rotatable bonds is 2. The van der Waals surface area contributed by atoms with Crippen LogP contribution in [-0.4, -0.2) is 23.0 Å². The Bertz CT molecular complexity index is 202. The van der Waals surface area contributed by atoms with Gasteiger partial charge < -0.3 is 10.4 Å². The molecule has 2 atom stereocenters. The minimum Gasteiger partial charge on any atom is -0.481 e. The summed E-state index contributed by atoms with van der Waals surface area (Å²) >= 11 is 0. The summed E-state index contributed by atoms with van der Waals surface area (Å²) in [6.45, 7) is 1.45. The van der Waals surface area contributed by atoms with Crippen LogP contribution in [0.5, 0.6) is 0 Å². The first-order chi connectivity index (χ1) is 5.59. The van der Waals surface area contributed by atoms with Crippen molar-refractivity contribution < 1.29 is 14.7 Å². The van der Waals surface area contributed by atoms with E-state index in [0.29, 0.717) is 12.8 Å². The first-order valence-electron chi connectivity index (χ1n) is 4.09. The normalized spacial score (nSPS) is 28.4. The topological polar surface area (TPSA) is 66.4 Å². The summed E-state index contributed by atoms with van der Waals surface area (Å²) in [4.78, 5) is 21.1. The van der Waals surface area contributed by atoms with E-state index in [0.717, 1.165) is 6.42 Å². The monoisotopic (exact) mass is 171 g/mol. The van der Waals surface area contributed by atoms with E-state index in [1.54, 1.807) is 0 Å². The molecule has 0 aromatic carbocycles. The number of carboxylic acid groups (broad SMARTS) is 1. The highest BCUT2D eigenvalue weighted by Gasteiger charge is 2.29. The number of hydrogen-bond acceptors (Lipinski definition) is 2. The molecule has 1 aliphatic carbocycles. The van der Waals surface area contributed by atoms with Crippen LogP contribution >= 0.6 is 0 Å². The molecule has 68 valence electrons. The van der Waals surface area contributed by atoms with Crippen molar-refractivity contribution in [2.24, 2.45) is 5.92 Å². The summed E-state index contributed by atoms with van der Waals surface area (Å²) in [5, 5.41) is 11.4. The van der Waals surface area contributed by atoms with E-state index in [-0.39, 0.29) is 17.9 Å². The van der Waals surface area contributed by atoms with E-state index < -0.39 is 5.97 Å². The van der Waals surface area contributed by atoms with Gasteiger partial charge in [0.1, 0.15) is 0 Å². The van der Waals surface area contributed by atoms with Crippen LogP contribution in [0.3, 0.4) is 0 Å². The third-order valence-corrected chi connectivity index (χ3v) is 2.19. The maximum Gasteiger partial charge on any atom is 0.306 e. The van der Waals surface area contributed by atoms with Gasteiger partial charge in [-0.05, 0) is 19.3 Å². The van der Waals surface area contributed by atoms with Crippen LogP contribution in [-0.2, 0) is 9.59 Å². The van der Waals surface area contributed by atoms with Crippen molar-refractivity contribution >= 4 is 11.9 Å². The second kappa shape index (κ2) is 3.56. The van der Waals surface area contributed by atoms with Crippen molar-refractivity contribution in [3.63, 3.8) is 0 Å². The van der Waals surface area contributed by atoms with Gasteiger partial charge in [-0.25, -0.2) is 0 Å². The number of aliphatic carboxylic acids is 1. The maximum absolute atomic E-state index is 10.6. The Morgan fingerprint density at radius 2 is 2.08 bits per heavy atom. The van der Waals surface area contributed by atoms with Crippen molar-refractivity contribution in [2.75, 3.05) is 0 Å². The molecule has 2 unspecified atom stereocenters. The van der Waals surface area contributed by atoms with E-state index in [4.69, 9.17) is 5.11 Å². The number of carboxylic acids is 1. The Hall–Kier alpha value is -1.06. The van der Waals surface area contributed by atoms with Gasteiger partial charge in [0.2, 0.25) is 5.91 Å². The summed E-state index contributed by atoms with van der Waals surface area (Å²) in [7, 11) is 0. The molecule has 4 nitrogen and oxygen atoms in total. The molecule has 0 bridgehead atoms. The van der Waals surface area contributed by atoms with Crippen molar-refractivity contribution in [1.29, 1.82) is 0 Å². The number of carbonyl (C=O) groups excluding carboxylic acids is 1. The van der Waals surface area contributed by atoms with Crippen molar-refractivity contribution in [1.82, 2.24) is 5.32 Å². The molecule has 12 heavy (non-hydrogen) atoms. The van der Waals surface area contributed by atoms with Gasteiger partial charge in [-0.2, -0.15) is 0 Å². The second-order valence-corrected chi connectivity index (χ2v) is 3.25. The summed E-state index contributed by atoms with van der Waals surface area (Å²) in [6, 6.07) is 0.0728. The molecule has 1 saturated carbocycles. The zero-order chi connectivity index (χ0) is 9.14. The van der Waals surface area contributed by atoms with Gasteiger partial charge in [0.15, 0.2) is 0 Å². The maximum atomic E-state index is 10.6. The van der Waals surface area contributed by atoms with Crippen LogP contribution in [0, 0.1) is 5.92 Å². The Morgan fingerprint density at radius 1 is 1.42 bits per heavy atom. The number of nitrogens with one attached hydrogen (secondary N) is 1. The SMILES string of the molecule is CC(=O)NC1CCC(C(=O)O)C1. The predicted molar refractivity (Wildman–Crippen MR) is 42.6 cm³/mol. The quantitative estimate of drug-likeness (QED) is 0.631. The molecular weight excluding hydrogens is 158 g/mol. The van der Waals surface area contributed by atoms with E-state index in [9.17, 15) is 9.59 Å². The largest absolute Gasteiger partial charge is 0.481 e. The van der Waals surface area contributed by atoms with Gasteiger partial charge in [0.05, 0.1) is 5.92 Å². The summed E-state index contributed by atoms with van der Waals surface area (Å²) in [5.41, 5.74) is 0. The predicted octanol–water partition coefficient (Wildman–Crippen LogP) is 0.376. The Morgan fingerprint density at radius 3 is 2.50 bits per heavy atom. The fourth-order valence-corrected chi connectivity index (χ4v) is 1.62. The van der Waals surface area contributed by atoms with Gasteiger partial charge in [-0.3, -0.25) is 9.59 Å². The second-order valence-electron chi connectivity index (χ2n) is 3.25. The molecule has 0 heterocycles. The fourth-order valence-electron chi connectivity index (χ4n) is 1.62. The average Bonchev–Trinajstić information content (AvgIpc) is 2.34. The minimum atomic E-state index is -0.747. The number of hydrogen-bond donors (Lipinski definition) is 2. The fraction of sp³-hybridized carbons (Fsp3) is 0.750. The Balaban J connectivity index is 2.35. The summed E-state index contributed by atoms with van der Waals surface area (Å²) in [5.74, 6) is -1.09. The molecule has 0 aliphatic heterocycles. The van der Waals surface area contributed by atoms with Crippen LogP contribution in [0.4, 0.5) is 0 Å². The summed E-state index contributed by atoms with van der Waals surface area (Å²) in [6.07, 6.45) is 2.05. The van der Waals surface area contributed by atoms with Crippen molar-refractivity contribution in [3.8, 4) is 0 Å². The highest BCUT2D eigenvalue weighted by atomic mass is 16.4. The Kier molecular flexibility index (Phi) is 2.68. The van der Waals surface area contributed by atoms with E-state index in [1.807, 2.05) is 0 Å². The number of amides is 1. The van der Waals surface area contributed by atoms with Crippen LogP contribution in [0.15, 0.2) is 0 Å². The first-order valence-corrected chi connectivity index (χ1v) is 4.09. The molecule has 0 spiro atoms. The van der Waals surface area contributed by atoms with Crippen LogP contribution in [0.25, 0.3) is 0 Å². The minimum absolute atomic E-state index is 0.0728. The number of carbonyl (C=O) groups is 2. The van der Waals surface area contributed by atoms with Gasteiger partial charge in [0.25, 0.3) is 0 Å². The average molecular weight is 171 g/mol. The molecule has 4 heteroatoms. The Labute approximate surface area is 71.0 Å². The summed E-state index contributed by atoms with van der Waals surface area (Å²) < 4.78 is 0. The first kappa shape index (κ1) is 9.03. The van der Waals surface area contributed by atoms with E-state index in [2.05, 4.69) is 5.32 Å².